The first-order valence-electron chi connectivity index (χ1n) is 2.32. The third-order valence-corrected chi connectivity index (χ3v) is 1.50. The summed E-state index contributed by atoms with van der Waals surface area (Å²) >= 11 is 1.32. The van der Waals surface area contributed by atoms with E-state index in [2.05, 4.69) is 0 Å². The van der Waals surface area contributed by atoms with E-state index in [1.165, 1.54) is 22.6 Å². The molecule has 0 aliphatic rings. The minimum atomic E-state index is -3.42. The molecule has 0 saturated carbocycles. The molecule has 0 aromatic rings. The van der Waals surface area contributed by atoms with E-state index in [9.17, 15) is 18.2 Å². The molecule has 0 aromatic carbocycles. The summed E-state index contributed by atoms with van der Waals surface area (Å²) in [7, 11) is -3.42. The van der Waals surface area contributed by atoms with Crippen molar-refractivity contribution in [2.24, 2.45) is 0 Å². The van der Waals surface area contributed by atoms with E-state index >= 15 is 0 Å². The monoisotopic (exact) mass is 318 g/mol. The Kier molecular flexibility index (Phi) is 15.7. The van der Waals surface area contributed by atoms with E-state index < -0.39 is 23.3 Å². The number of alkyl halides is 1. The third kappa shape index (κ3) is 19.1. The molecule has 10 heteroatoms. The van der Waals surface area contributed by atoms with Crippen molar-refractivity contribution in [1.29, 1.82) is 0 Å². The van der Waals surface area contributed by atoms with E-state index in [1.807, 2.05) is 0 Å². The van der Waals surface area contributed by atoms with Crippen LogP contribution in [0, 0.1) is 0 Å². The Morgan fingerprint density at radius 2 is 1.46 bits per heavy atom. The van der Waals surface area contributed by atoms with E-state index in [0.717, 1.165) is 0 Å². The zero-order valence-corrected chi connectivity index (χ0v) is 10.6. The molecule has 13 heavy (non-hydrogen) atoms. The van der Waals surface area contributed by atoms with Crippen molar-refractivity contribution < 1.29 is 63.0 Å². The fraction of sp³-hybridized carbons (Fsp3) is 0.333. The maximum Gasteiger partial charge on any atom is 1.00 e. The van der Waals surface area contributed by atoms with E-state index in [0.29, 0.717) is 0 Å². The third-order valence-electron chi connectivity index (χ3n) is 0.434. The minimum Gasteiger partial charge on any atom is -0.824 e. The summed E-state index contributed by atoms with van der Waals surface area (Å²) in [5, 5.41) is 24.1. The zero-order chi connectivity index (χ0) is 10.3. The molecule has 0 unspecified atom stereocenters. The summed E-state index contributed by atoms with van der Waals surface area (Å²) in [6.07, 6.45) is 0. The van der Waals surface area contributed by atoms with Crippen LogP contribution in [0.5, 0.6) is 0 Å². The van der Waals surface area contributed by atoms with Gasteiger partial charge < -0.3 is 23.9 Å². The van der Waals surface area contributed by atoms with E-state index in [4.69, 9.17) is 15.2 Å². The first-order chi connectivity index (χ1) is 5.29. The number of aliphatic carboxylic acids is 2. The van der Waals surface area contributed by atoms with Gasteiger partial charge in [-0.2, -0.15) is 0 Å². The van der Waals surface area contributed by atoms with Crippen LogP contribution in [0.4, 0.5) is 8.63 Å². The number of hydrogen-bond donors (Lipinski definition) is 2. The van der Waals surface area contributed by atoms with Gasteiger partial charge in [-0.1, -0.05) is 22.6 Å². The smallest absolute Gasteiger partial charge is 0.824 e. The van der Waals surface area contributed by atoms with Crippen LogP contribution >= 0.6 is 22.6 Å². The molecule has 0 saturated heterocycles. The van der Waals surface area contributed by atoms with Gasteiger partial charge in [-0.3, -0.25) is 9.59 Å². The number of carboxylic acids is 2. The largest absolute Gasteiger partial charge is 1.00 e. The Balaban J connectivity index is -0.000000173. The molecule has 0 aromatic heterocycles. The van der Waals surface area contributed by atoms with Gasteiger partial charge in [0.25, 0.3) is 0 Å². The van der Waals surface area contributed by atoms with Crippen molar-refractivity contribution >= 4 is 42.0 Å². The molecule has 0 atom stereocenters. The molecule has 0 spiro atoms. The second-order valence-electron chi connectivity index (χ2n) is 1.30. The SMILES string of the molecule is O=C(O)C(I)C(=O)O.[Na+].[O-]B(F)F. The van der Waals surface area contributed by atoms with Gasteiger partial charge in [-0.15, -0.1) is 0 Å². The number of halogens is 3. The molecule has 0 amide bonds. The van der Waals surface area contributed by atoms with Crippen molar-refractivity contribution in [3.05, 3.63) is 0 Å². The van der Waals surface area contributed by atoms with E-state index in [1.54, 1.807) is 0 Å². The zero-order valence-electron chi connectivity index (χ0n) is 6.41. The normalized spacial score (nSPS) is 7.77. The van der Waals surface area contributed by atoms with Gasteiger partial charge >= 0.3 is 49.0 Å². The van der Waals surface area contributed by atoms with Gasteiger partial charge in [0, 0.05) is 0 Å². The molecule has 0 radical (unpaired) electrons. The molecule has 5 nitrogen and oxygen atoms in total. The Morgan fingerprint density at radius 3 is 1.46 bits per heavy atom. The van der Waals surface area contributed by atoms with Crippen molar-refractivity contribution in [2.75, 3.05) is 0 Å². The van der Waals surface area contributed by atoms with Crippen LogP contribution in [0.2, 0.25) is 0 Å². The van der Waals surface area contributed by atoms with Gasteiger partial charge in [-0.25, -0.2) is 0 Å². The Hall–Kier alpha value is 0.555. The minimum absolute atomic E-state index is 0. The van der Waals surface area contributed by atoms with Crippen LogP contribution in [0.3, 0.4) is 0 Å². The summed E-state index contributed by atoms with van der Waals surface area (Å²) < 4.78 is 18.2. The summed E-state index contributed by atoms with van der Waals surface area (Å²) in [4.78, 5) is 19.5. The first-order valence-corrected chi connectivity index (χ1v) is 3.57. The molecule has 0 aliphatic heterocycles. The van der Waals surface area contributed by atoms with E-state index in [-0.39, 0.29) is 29.6 Å². The molecule has 0 heterocycles. The predicted octanol–water partition coefficient (Wildman–Crippen LogP) is -3.77. The number of carboxylic acid groups (broad SMARTS) is 2. The molecule has 70 valence electrons. The predicted molar refractivity (Wildman–Crippen MR) is 41.0 cm³/mol. The summed E-state index contributed by atoms with van der Waals surface area (Å²) in [6.45, 7) is 0. The number of hydrogen-bond acceptors (Lipinski definition) is 3. The van der Waals surface area contributed by atoms with Crippen molar-refractivity contribution in [1.82, 2.24) is 0 Å². The molecule has 0 rings (SSSR count). The van der Waals surface area contributed by atoms with Gasteiger partial charge in [-0.05, 0) is 0 Å². The van der Waals surface area contributed by atoms with Gasteiger partial charge in [0.15, 0.2) is 0 Å². The van der Waals surface area contributed by atoms with Crippen molar-refractivity contribution in [3.63, 3.8) is 0 Å². The molecule has 2 N–H and O–H groups in total. The summed E-state index contributed by atoms with van der Waals surface area (Å²) in [6, 6.07) is 0. The number of rotatable bonds is 2. The van der Waals surface area contributed by atoms with Crippen molar-refractivity contribution in [3.8, 4) is 0 Å². The fourth-order valence-electron chi connectivity index (χ4n) is 0.106. The van der Waals surface area contributed by atoms with Gasteiger partial charge in [0.2, 0.25) is 3.92 Å². The van der Waals surface area contributed by atoms with Crippen LogP contribution in [0.25, 0.3) is 0 Å². The molecule has 0 bridgehead atoms. The number of carbonyl (C=O) groups is 2. The van der Waals surface area contributed by atoms with Gasteiger partial charge in [0.05, 0.1) is 0 Å². The standard InChI is InChI=1S/C3H3IO4.BF2O.Na/c4-1(2(5)6)3(7)8;2-1(3)4;/h1H,(H,5,6)(H,7,8);;/q;-1;+1. The van der Waals surface area contributed by atoms with Crippen molar-refractivity contribution in [2.45, 2.75) is 3.92 Å². The maximum atomic E-state index is 9.78. The second kappa shape index (κ2) is 10.6. The average Bonchev–Trinajstić information content (AvgIpc) is 1.84. The molecule has 0 fully saturated rings. The first kappa shape index (κ1) is 19.2. The van der Waals surface area contributed by atoms with Crippen LogP contribution in [0.15, 0.2) is 0 Å². The molecular weight excluding hydrogens is 315 g/mol. The Morgan fingerprint density at radius 1 is 1.31 bits per heavy atom. The fourth-order valence-corrected chi connectivity index (χ4v) is 0.106. The van der Waals surface area contributed by atoms with Crippen LogP contribution < -0.4 is 34.6 Å². The summed E-state index contributed by atoms with van der Waals surface area (Å²) in [5.41, 5.74) is 0. The van der Waals surface area contributed by atoms with Gasteiger partial charge in [0.1, 0.15) is 0 Å². The topological polar surface area (TPSA) is 97.7 Å². The molecule has 0 aliphatic carbocycles. The molecular formula is C3H3BF2INaO5. The summed E-state index contributed by atoms with van der Waals surface area (Å²) in [5.74, 6) is -2.64. The second-order valence-corrected chi connectivity index (χ2v) is 2.55. The Labute approximate surface area is 108 Å². The Bertz CT molecular complexity index is 153. The van der Waals surface area contributed by atoms with Crippen LogP contribution in [0.1, 0.15) is 0 Å². The maximum absolute atomic E-state index is 9.78. The van der Waals surface area contributed by atoms with Crippen LogP contribution in [-0.2, 0) is 9.59 Å². The van der Waals surface area contributed by atoms with Crippen LogP contribution in [-0.4, -0.2) is 33.5 Å². The quantitative estimate of drug-likeness (QED) is 0.236. The average molecular weight is 318 g/mol.